The molecular weight excluding hydrogens is 1180 g/mol. The molecule has 43 heteroatoms. The van der Waals surface area contributed by atoms with E-state index in [1.807, 2.05) is 11.9 Å². The lowest BCUT2D eigenvalue weighted by Crippen LogP contribution is -2.46. The third-order valence-corrected chi connectivity index (χ3v) is 17.8. The van der Waals surface area contributed by atoms with Crippen LogP contribution >= 0.6 is 31.3 Å². The molecule has 3 fully saturated rings. The Labute approximate surface area is 453 Å². The number of nitrogens with two attached hydrogens (primary N) is 2. The zero-order chi connectivity index (χ0) is 58.9. The topological polar surface area (TPSA) is 546 Å². The number of phosphoric acid groups is 4. The number of aliphatic hydroxyl groups is 3. The monoisotopic (exact) mass is 1230 g/mol. The van der Waals surface area contributed by atoms with Crippen LogP contribution in [0.4, 0.5) is 16.6 Å². The average Bonchev–Trinajstić information content (AvgIpc) is 4.12. The first-order valence-corrected chi connectivity index (χ1v) is 29.9. The van der Waals surface area contributed by atoms with Crippen LogP contribution in [0.2, 0.25) is 0 Å². The molecule has 5 aromatic rings. The van der Waals surface area contributed by atoms with Gasteiger partial charge in [-0.1, -0.05) is 24.7 Å². The first kappa shape index (κ1) is 61.8. The number of anilines is 2. The number of nitrogens with zero attached hydrogens (tertiary/aromatic N) is 8. The van der Waals surface area contributed by atoms with Crippen molar-refractivity contribution < 1.29 is 113 Å². The van der Waals surface area contributed by atoms with Crippen molar-refractivity contribution in [1.29, 1.82) is 0 Å². The predicted molar refractivity (Wildman–Crippen MR) is 264 cm³/mol. The van der Waals surface area contributed by atoms with Crippen LogP contribution in [-0.2, 0) is 75.7 Å². The largest absolute Gasteiger partial charge is 0.490 e. The van der Waals surface area contributed by atoms with E-state index < -0.39 is 154 Å². The summed E-state index contributed by atoms with van der Waals surface area (Å²) in [6.07, 6.45) is -12.7. The molecule has 448 valence electrons. The summed E-state index contributed by atoms with van der Waals surface area (Å²) in [6, 6.07) is 0.921. The number of unbranched alkanes of at least 4 members (excludes halogenated alkanes) is 2. The summed E-state index contributed by atoms with van der Waals surface area (Å²) >= 11 is 0. The van der Waals surface area contributed by atoms with E-state index in [0.717, 1.165) is 49.4 Å². The molecule has 39 nitrogen and oxygen atoms in total. The fourth-order valence-corrected chi connectivity index (χ4v) is 13.4. The molecule has 0 radical (unpaired) electrons. The van der Waals surface area contributed by atoms with Gasteiger partial charge in [0.2, 0.25) is 11.7 Å². The SMILES string of the molecule is CCCCCOC(=O)NC[C@H]1[C@@H](O)[C@H]([n+]2cn(C)c3c(=O)[nH]c(N)nc32)O[C@@H]1COP(=O)(O)OP(=O)(O)OP(=O)(O)OC[C@H]1O[C@@H](n2cnc3c(N)ncnc32)[C@H](OC)[C@@H]1OP(=O)(O)OC[C@H]1O[C@@H](n2ccc(=O)[nH]c2=O)[C@H](O)[C@@H]1O. The number of rotatable bonds is 25. The number of aromatic nitrogens is 10. The second-order valence-corrected chi connectivity index (χ2v) is 24.1. The van der Waals surface area contributed by atoms with Crippen LogP contribution in [-0.4, -0.2) is 174 Å². The number of nitrogens with one attached hydrogen (secondary N) is 3. The molecule has 8 rings (SSSR count). The maximum atomic E-state index is 13.6. The Morgan fingerprint density at radius 2 is 1.48 bits per heavy atom. The van der Waals surface area contributed by atoms with Crippen molar-refractivity contribution in [3.8, 4) is 0 Å². The number of hydrogen-bond acceptors (Lipinski definition) is 28. The van der Waals surface area contributed by atoms with Crippen molar-refractivity contribution in [2.45, 2.75) is 93.7 Å². The number of H-pyrrole nitrogens is 2. The number of fused-ring (bicyclic) bond motifs is 2. The van der Waals surface area contributed by atoms with Crippen molar-refractivity contribution in [3.63, 3.8) is 0 Å². The highest BCUT2D eigenvalue weighted by Crippen LogP contribution is 2.68. The molecule has 81 heavy (non-hydrogen) atoms. The van der Waals surface area contributed by atoms with Crippen molar-refractivity contribution in [1.82, 2.24) is 48.9 Å². The second-order valence-electron chi connectivity index (χ2n) is 18.1. The van der Waals surface area contributed by atoms with Gasteiger partial charge < -0.3 is 75.4 Å². The molecule has 0 bridgehead atoms. The smallest absolute Gasteiger partial charge is 0.450 e. The number of amides is 1. The minimum absolute atomic E-state index is 0.00415. The summed E-state index contributed by atoms with van der Waals surface area (Å²) in [5, 5.41) is 35.3. The van der Waals surface area contributed by atoms with Crippen LogP contribution in [0.1, 0.15) is 44.9 Å². The van der Waals surface area contributed by atoms with Gasteiger partial charge in [-0.05, 0) is 6.42 Å². The zero-order valence-corrected chi connectivity index (χ0v) is 46.0. The third kappa shape index (κ3) is 14.2. The fraction of sp³-hybridized carbons (Fsp3) is 0.605. The summed E-state index contributed by atoms with van der Waals surface area (Å²) in [4.78, 5) is 113. The van der Waals surface area contributed by atoms with Crippen molar-refractivity contribution in [3.05, 3.63) is 62.4 Å². The lowest BCUT2D eigenvalue weighted by atomic mass is 9.98. The number of hydrogen-bond donors (Lipinski definition) is 12. The number of imidazole rings is 2. The second kappa shape index (κ2) is 24.9. The Bertz CT molecular complexity index is 3470. The van der Waals surface area contributed by atoms with Crippen LogP contribution < -0.4 is 38.2 Å². The van der Waals surface area contributed by atoms with Crippen molar-refractivity contribution in [2.75, 3.05) is 51.5 Å². The highest BCUT2D eigenvalue weighted by atomic mass is 31.3. The summed E-state index contributed by atoms with van der Waals surface area (Å²) < 4.78 is 115. The number of alkyl carbamates (subject to hydrolysis) is 1. The predicted octanol–water partition coefficient (Wildman–Crippen LogP) is -2.70. The van der Waals surface area contributed by atoms with E-state index in [-0.39, 0.29) is 40.7 Å². The van der Waals surface area contributed by atoms with E-state index in [2.05, 4.69) is 38.9 Å². The van der Waals surface area contributed by atoms with E-state index in [1.165, 1.54) is 27.1 Å². The molecule has 0 saturated carbocycles. The molecule has 0 spiro atoms. The summed E-state index contributed by atoms with van der Waals surface area (Å²) in [6.45, 7) is -1.83. The average molecular weight is 1230 g/mol. The number of aryl methyl sites for hydroxylation is 1. The Kier molecular flexibility index (Phi) is 19.0. The van der Waals surface area contributed by atoms with Gasteiger partial charge in [-0.3, -0.25) is 51.4 Å². The number of aromatic amines is 2. The molecule has 8 heterocycles. The quantitative estimate of drug-likeness (QED) is 0.0161. The minimum atomic E-state index is -6.25. The van der Waals surface area contributed by atoms with Gasteiger partial charge in [0, 0.05) is 31.8 Å². The summed E-state index contributed by atoms with van der Waals surface area (Å²) in [5.74, 6) is -1.65. The number of ether oxygens (including phenoxy) is 5. The standard InChI is InChI=1S/C38H55N13O26P4/c1-4-5-6-9-68-38(58)41-10-17-18(72-33(24(17)53)51-16-48(2)23-31(51)46-36(40)47-32(23)56)11-70-79(61,62)76-81(65,66)77-80(63,64)71-13-20-27(28(67-3)35(74-20)50-15-44-22-29(39)42-14-43-30(22)50)75-78(59,60)69-12-19-25(54)26(55)34(73-19)49-8-7-21(52)45-37(49)57/h7-8,14-20,24-28,33-35,53-55H,4-6,9-13H2,1-3H3,(H10-,39,40,41,42,43,45,46,47,52,56,57,58,59,60,61,62,63,64,65,66)/p+1/t17-,18-,19-,20-,24-,25-,26-,27-,28-,33-,34-,35-/m1/s1. The summed E-state index contributed by atoms with van der Waals surface area (Å²) in [5.41, 5.74) is 9.16. The number of carbonyl (C=O) groups excluding carboxylic acids is 1. The normalized spacial score (nSPS) is 28.9. The fourth-order valence-electron chi connectivity index (χ4n) is 8.90. The minimum Gasteiger partial charge on any atom is -0.450 e. The lowest BCUT2D eigenvalue weighted by Gasteiger charge is -2.26. The van der Waals surface area contributed by atoms with Gasteiger partial charge >= 0.3 is 48.7 Å². The number of aliphatic hydroxyl groups excluding tert-OH is 3. The molecule has 0 aromatic carbocycles. The number of nitrogen functional groups attached to an aromatic ring is 2. The first-order valence-electron chi connectivity index (χ1n) is 23.9. The van der Waals surface area contributed by atoms with Crippen LogP contribution in [0.3, 0.4) is 0 Å². The van der Waals surface area contributed by atoms with Gasteiger partial charge in [0.15, 0.2) is 30.2 Å². The van der Waals surface area contributed by atoms with E-state index in [9.17, 15) is 72.3 Å². The van der Waals surface area contributed by atoms with E-state index in [0.29, 0.717) is 6.42 Å². The summed E-state index contributed by atoms with van der Waals surface area (Å²) in [7, 11) is -21.1. The maximum absolute atomic E-state index is 13.6. The first-order chi connectivity index (χ1) is 38.1. The highest BCUT2D eigenvalue weighted by molar-refractivity contribution is 7.66. The highest BCUT2D eigenvalue weighted by Gasteiger charge is 2.54. The van der Waals surface area contributed by atoms with Crippen LogP contribution in [0, 0.1) is 5.92 Å². The van der Waals surface area contributed by atoms with E-state index in [1.54, 1.807) is 0 Å². The Morgan fingerprint density at radius 3 is 2.16 bits per heavy atom. The van der Waals surface area contributed by atoms with E-state index >= 15 is 0 Å². The number of carbonyl (C=O) groups is 1. The van der Waals surface area contributed by atoms with Crippen molar-refractivity contribution in [2.24, 2.45) is 13.0 Å². The van der Waals surface area contributed by atoms with Gasteiger partial charge in [0.05, 0.1) is 45.9 Å². The molecule has 4 unspecified atom stereocenters. The molecule has 14 N–H and O–H groups in total. The Morgan fingerprint density at radius 1 is 0.815 bits per heavy atom. The van der Waals surface area contributed by atoms with Gasteiger partial charge in [0.25, 0.3) is 17.1 Å². The maximum Gasteiger partial charge on any atom is 0.490 e. The van der Waals surface area contributed by atoms with Crippen LogP contribution in [0.5, 0.6) is 0 Å². The van der Waals surface area contributed by atoms with Crippen molar-refractivity contribution >= 4 is 71.5 Å². The molecule has 1 amide bonds. The van der Waals surface area contributed by atoms with Crippen LogP contribution in [0.15, 0.2) is 45.6 Å². The van der Waals surface area contributed by atoms with Gasteiger partial charge in [-0.15, -0.1) is 0 Å². The Balaban J connectivity index is 0.945. The molecule has 16 atom stereocenters. The Hall–Kier alpha value is -5.31. The van der Waals surface area contributed by atoms with Gasteiger partial charge in [-0.2, -0.15) is 8.62 Å². The number of phosphoric ester groups is 3. The molecule has 3 aliphatic rings. The molecule has 5 aromatic heterocycles. The third-order valence-electron chi connectivity index (χ3n) is 12.6. The number of methoxy groups -OCH3 is 1. The molecule has 3 aliphatic heterocycles. The van der Waals surface area contributed by atoms with Gasteiger partial charge in [0.1, 0.15) is 54.6 Å². The zero-order valence-electron chi connectivity index (χ0n) is 42.4. The molecule has 3 saturated heterocycles. The van der Waals surface area contributed by atoms with Gasteiger partial charge in [-0.25, -0.2) is 47.4 Å². The molecule has 0 aliphatic carbocycles. The molecular formula is C38H56N13O26P4+. The lowest BCUT2D eigenvalue weighted by molar-refractivity contribution is -0.745. The van der Waals surface area contributed by atoms with Crippen LogP contribution in [0.25, 0.3) is 22.3 Å². The van der Waals surface area contributed by atoms with E-state index in [4.69, 9.17) is 53.2 Å².